The summed E-state index contributed by atoms with van der Waals surface area (Å²) in [5.74, 6) is 0. The molecule has 0 aliphatic heterocycles. The van der Waals surface area contributed by atoms with Crippen LogP contribution in [0.2, 0.25) is 0 Å². The zero-order chi connectivity index (χ0) is 7.15. The molecule has 0 unspecified atom stereocenters. The zero-order valence-corrected chi connectivity index (χ0v) is 11.3. The van der Waals surface area contributed by atoms with Gasteiger partial charge in [-0.2, -0.15) is 0 Å². The molecule has 0 rings (SSSR count). The molecule has 0 aliphatic rings. The second-order valence-electron chi connectivity index (χ2n) is 0.447. The van der Waals surface area contributed by atoms with Crippen LogP contribution in [0, 0.1) is 30.6 Å². The molecule has 0 aromatic carbocycles. The smallest absolute Gasteiger partial charge is 0.356 e. The van der Waals surface area contributed by atoms with Crippen molar-refractivity contribution < 1.29 is 60.2 Å². The van der Waals surface area contributed by atoms with E-state index in [9.17, 15) is 0 Å². The molecular weight excluding hydrogens is 432 g/mol. The number of nitrogens with zero attached hydrogens (tertiary/aromatic N) is 2. The van der Waals surface area contributed by atoms with Crippen LogP contribution < -0.4 is 0 Å². The number of rotatable bonds is 0. The van der Waals surface area contributed by atoms with Crippen LogP contribution in [0.15, 0.2) is 0 Å². The van der Waals surface area contributed by atoms with Crippen molar-refractivity contribution in [2.24, 2.45) is 0 Å². The van der Waals surface area contributed by atoms with Crippen molar-refractivity contribution in [2.45, 2.75) is 0 Å². The molecule has 0 aliphatic carbocycles. The predicted molar refractivity (Wildman–Crippen MR) is 20.7 cm³/mol. The van der Waals surface area contributed by atoms with Gasteiger partial charge in [0.2, 0.25) is 0 Å². The van der Waals surface area contributed by atoms with E-state index in [-0.39, 0.29) is 50.0 Å². The van der Waals surface area contributed by atoms with Crippen molar-refractivity contribution in [3.63, 3.8) is 0 Å². The minimum atomic E-state index is -1.75. The normalized spacial score (nSPS) is 4.80. The Morgan fingerprint density at radius 2 is 0.800 bits per heavy atom. The van der Waals surface area contributed by atoms with Crippen molar-refractivity contribution in [3.05, 3.63) is 30.6 Å². The molecule has 0 aromatic heterocycles. The Labute approximate surface area is 90.4 Å². The third-order valence-corrected chi connectivity index (χ3v) is 0. The van der Waals surface area contributed by atoms with Crippen LogP contribution in [0.25, 0.3) is 0 Å². The van der Waals surface area contributed by atoms with Gasteiger partial charge in [-0.25, -0.2) is 0 Å². The summed E-state index contributed by atoms with van der Waals surface area (Å²) >= 11 is 0. The second kappa shape index (κ2) is 16.0. The topological polar surface area (TPSA) is 132 Å². The quantitative estimate of drug-likeness (QED) is 0.288. The molecule has 10 heavy (non-hydrogen) atoms. The molecule has 10 heteroatoms. The Balaban J connectivity index is -0.0000000300. The van der Waals surface area contributed by atoms with E-state index in [1.54, 1.807) is 0 Å². The molecule has 0 heterocycles. The Morgan fingerprint density at radius 1 is 0.800 bits per heavy atom. The monoisotopic (exact) mass is 433 g/mol. The van der Waals surface area contributed by atoms with Gasteiger partial charge in [0, 0.05) is 0 Å². The van der Waals surface area contributed by atoms with Gasteiger partial charge < -0.3 is 30.6 Å². The zero-order valence-electron chi connectivity index (χ0n) is 4.35. The first-order valence-electron chi connectivity index (χ1n) is 1.10. The standard InChI is InChI=1S/Ag.Hg.2NO3/c;;2*2-1(3)4/q2*+1;2*-1. The van der Waals surface area contributed by atoms with Crippen LogP contribution >= 0.6 is 0 Å². The molecular formula is AgHgN2O6. The fourth-order valence-electron chi connectivity index (χ4n) is 0. The average Bonchev–Trinajstić information content (AvgIpc) is 1.25. The second-order valence-corrected chi connectivity index (χ2v) is 0.447. The summed E-state index contributed by atoms with van der Waals surface area (Å²) in [7, 11) is 0. The van der Waals surface area contributed by atoms with E-state index in [2.05, 4.69) is 0 Å². The van der Waals surface area contributed by atoms with Crippen molar-refractivity contribution in [3.8, 4) is 0 Å². The maximum absolute atomic E-state index is 8.25. The average molecular weight is 432 g/mol. The van der Waals surface area contributed by atoms with Gasteiger partial charge in [-0.05, 0) is 0 Å². The van der Waals surface area contributed by atoms with E-state index in [4.69, 9.17) is 30.6 Å². The molecule has 0 N–H and O–H groups in total. The summed E-state index contributed by atoms with van der Waals surface area (Å²) in [6, 6.07) is 0. The van der Waals surface area contributed by atoms with Crippen LogP contribution in [0.4, 0.5) is 0 Å². The number of hydrogen-bond donors (Lipinski definition) is 0. The third-order valence-electron chi connectivity index (χ3n) is 0. The van der Waals surface area contributed by atoms with Crippen molar-refractivity contribution in [2.75, 3.05) is 0 Å². The summed E-state index contributed by atoms with van der Waals surface area (Å²) < 4.78 is 0. The van der Waals surface area contributed by atoms with Gasteiger partial charge in [-0.15, -0.1) is 0 Å². The van der Waals surface area contributed by atoms with Crippen LogP contribution in [0.1, 0.15) is 0 Å². The van der Waals surface area contributed by atoms with Gasteiger partial charge in [-0.3, -0.25) is 0 Å². The SMILES string of the molecule is O=[N+]([O-])[O-].O=[N+]([O-])[O-].[Ag+].[Hg+]. The van der Waals surface area contributed by atoms with Gasteiger partial charge >= 0.3 is 50.0 Å². The maximum atomic E-state index is 8.25. The van der Waals surface area contributed by atoms with E-state index < -0.39 is 10.2 Å². The molecule has 0 atom stereocenters. The fourth-order valence-corrected chi connectivity index (χ4v) is 0. The van der Waals surface area contributed by atoms with Crippen molar-refractivity contribution in [1.29, 1.82) is 0 Å². The maximum Gasteiger partial charge on any atom is 1.00 e. The first-order chi connectivity index (χ1) is 3.46. The summed E-state index contributed by atoms with van der Waals surface area (Å²) in [6.07, 6.45) is 0. The molecule has 1 radical (unpaired) electrons. The summed E-state index contributed by atoms with van der Waals surface area (Å²) in [5, 5.41) is 29.5. The molecule has 0 fully saturated rings. The van der Waals surface area contributed by atoms with Crippen LogP contribution in [0.5, 0.6) is 0 Å². The Kier molecular flexibility index (Phi) is 36.0. The van der Waals surface area contributed by atoms with Crippen LogP contribution in [-0.4, -0.2) is 10.2 Å². The van der Waals surface area contributed by atoms with Gasteiger partial charge in [0.25, 0.3) is 0 Å². The molecule has 0 aromatic rings. The Hall–Kier alpha value is 0.0753. The Bertz CT molecular complexity index is 73.7. The molecule has 0 amide bonds. The van der Waals surface area contributed by atoms with E-state index >= 15 is 0 Å². The minimum Gasteiger partial charge on any atom is -0.356 e. The van der Waals surface area contributed by atoms with Gasteiger partial charge in [-0.1, -0.05) is 0 Å². The van der Waals surface area contributed by atoms with Gasteiger partial charge in [0.05, 0.1) is 10.2 Å². The summed E-state index contributed by atoms with van der Waals surface area (Å²) in [6.45, 7) is 0. The van der Waals surface area contributed by atoms with E-state index in [0.29, 0.717) is 0 Å². The minimum absolute atomic E-state index is 0. The van der Waals surface area contributed by atoms with Crippen LogP contribution in [-0.2, 0) is 50.0 Å². The summed E-state index contributed by atoms with van der Waals surface area (Å²) in [4.78, 5) is 16.5. The fraction of sp³-hybridized carbons (Fsp3) is 0. The first-order valence-corrected chi connectivity index (χ1v) is 1.10. The predicted octanol–water partition coefficient (Wildman–Crippen LogP) is -0.483. The van der Waals surface area contributed by atoms with Gasteiger partial charge in [0.1, 0.15) is 0 Å². The van der Waals surface area contributed by atoms with Gasteiger partial charge in [0.15, 0.2) is 0 Å². The third kappa shape index (κ3) is 71200. The summed E-state index contributed by atoms with van der Waals surface area (Å²) in [5.41, 5.74) is 0. The van der Waals surface area contributed by atoms with Crippen molar-refractivity contribution in [1.82, 2.24) is 0 Å². The molecule has 8 nitrogen and oxygen atoms in total. The van der Waals surface area contributed by atoms with E-state index in [1.165, 1.54) is 0 Å². The van der Waals surface area contributed by atoms with Crippen LogP contribution in [0.3, 0.4) is 0 Å². The molecule has 0 bridgehead atoms. The number of hydrogen-bond acceptors (Lipinski definition) is 6. The van der Waals surface area contributed by atoms with Crippen molar-refractivity contribution >= 4 is 0 Å². The van der Waals surface area contributed by atoms with E-state index in [0.717, 1.165) is 0 Å². The molecule has 0 spiro atoms. The van der Waals surface area contributed by atoms with E-state index in [1.807, 2.05) is 0 Å². The Morgan fingerprint density at radius 3 is 0.800 bits per heavy atom. The molecule has 0 saturated carbocycles. The molecule has 59 valence electrons. The largest absolute Gasteiger partial charge is 1.00 e. The molecule has 0 saturated heterocycles. The first kappa shape index (κ1) is 22.5.